The fourth-order valence-corrected chi connectivity index (χ4v) is 2.11. The Labute approximate surface area is 157 Å². The standard InChI is InChI=1S/C16H18ClFN4.HI/c1-19-16(21-9-7-13-4-2-3-8-20-13)22-11-12-5-6-15(18)14(17)10-12;/h2-6,8,10H,7,9,11H2,1H3,(H2,19,21,22);1H. The maximum atomic E-state index is 13.1. The van der Waals surface area contributed by atoms with Crippen molar-refractivity contribution in [2.45, 2.75) is 13.0 Å². The average Bonchev–Trinajstić information content (AvgIpc) is 2.55. The van der Waals surface area contributed by atoms with E-state index in [1.54, 1.807) is 25.4 Å². The van der Waals surface area contributed by atoms with Gasteiger partial charge < -0.3 is 10.6 Å². The van der Waals surface area contributed by atoms with Crippen LogP contribution in [0.3, 0.4) is 0 Å². The molecule has 0 atom stereocenters. The van der Waals surface area contributed by atoms with Crippen LogP contribution in [0.2, 0.25) is 5.02 Å². The summed E-state index contributed by atoms with van der Waals surface area (Å²) in [6, 6.07) is 10.5. The van der Waals surface area contributed by atoms with Crippen LogP contribution >= 0.6 is 35.6 Å². The van der Waals surface area contributed by atoms with Crippen LogP contribution in [0.1, 0.15) is 11.3 Å². The van der Waals surface area contributed by atoms with Crippen molar-refractivity contribution >= 4 is 41.5 Å². The topological polar surface area (TPSA) is 49.3 Å². The minimum absolute atomic E-state index is 0. The summed E-state index contributed by atoms with van der Waals surface area (Å²) in [6.07, 6.45) is 2.59. The quantitative estimate of drug-likeness (QED) is 0.419. The second-order valence-corrected chi connectivity index (χ2v) is 5.08. The van der Waals surface area contributed by atoms with Gasteiger partial charge in [-0.05, 0) is 29.8 Å². The Bertz CT molecular complexity index is 637. The van der Waals surface area contributed by atoms with Crippen molar-refractivity contribution in [2.75, 3.05) is 13.6 Å². The second kappa shape index (κ2) is 10.4. The Morgan fingerprint density at radius 3 is 2.74 bits per heavy atom. The molecule has 2 N–H and O–H groups in total. The summed E-state index contributed by atoms with van der Waals surface area (Å²) in [5.41, 5.74) is 1.91. The number of nitrogens with zero attached hydrogens (tertiary/aromatic N) is 2. The van der Waals surface area contributed by atoms with E-state index < -0.39 is 5.82 Å². The fourth-order valence-electron chi connectivity index (χ4n) is 1.91. The molecule has 0 aliphatic rings. The summed E-state index contributed by atoms with van der Waals surface area (Å²) >= 11 is 5.76. The summed E-state index contributed by atoms with van der Waals surface area (Å²) in [5.74, 6) is 0.264. The summed E-state index contributed by atoms with van der Waals surface area (Å²) in [7, 11) is 1.70. The number of aromatic nitrogens is 1. The first-order valence-electron chi connectivity index (χ1n) is 6.97. The molecule has 0 aliphatic carbocycles. The molecule has 0 unspecified atom stereocenters. The van der Waals surface area contributed by atoms with Gasteiger partial charge in [0.25, 0.3) is 0 Å². The molecule has 1 heterocycles. The number of aliphatic imine (C=N–C) groups is 1. The number of halogens is 3. The minimum Gasteiger partial charge on any atom is -0.356 e. The van der Waals surface area contributed by atoms with E-state index in [9.17, 15) is 4.39 Å². The first-order chi connectivity index (χ1) is 10.7. The number of pyridine rings is 1. The lowest BCUT2D eigenvalue weighted by molar-refractivity contribution is 0.627. The number of hydrogen-bond acceptors (Lipinski definition) is 2. The number of nitrogens with one attached hydrogen (secondary N) is 2. The normalized spacial score (nSPS) is 10.8. The summed E-state index contributed by atoms with van der Waals surface area (Å²) < 4.78 is 13.1. The van der Waals surface area contributed by atoms with E-state index in [2.05, 4.69) is 20.6 Å². The van der Waals surface area contributed by atoms with E-state index in [-0.39, 0.29) is 29.0 Å². The summed E-state index contributed by atoms with van der Waals surface area (Å²) in [4.78, 5) is 8.40. The lowest BCUT2D eigenvalue weighted by Crippen LogP contribution is -2.37. The highest BCUT2D eigenvalue weighted by Crippen LogP contribution is 2.15. The van der Waals surface area contributed by atoms with Crippen molar-refractivity contribution in [1.82, 2.24) is 15.6 Å². The van der Waals surface area contributed by atoms with Crippen LogP contribution in [0, 0.1) is 5.82 Å². The van der Waals surface area contributed by atoms with Gasteiger partial charge in [0.05, 0.1) is 5.02 Å². The van der Waals surface area contributed by atoms with Gasteiger partial charge in [-0.25, -0.2) is 4.39 Å². The molecule has 0 fully saturated rings. The first-order valence-corrected chi connectivity index (χ1v) is 7.35. The molecule has 0 bridgehead atoms. The van der Waals surface area contributed by atoms with Crippen LogP contribution in [0.25, 0.3) is 0 Å². The van der Waals surface area contributed by atoms with Crippen LogP contribution < -0.4 is 10.6 Å². The molecule has 0 saturated heterocycles. The predicted octanol–water partition coefficient (Wildman–Crippen LogP) is 3.40. The van der Waals surface area contributed by atoms with Gasteiger partial charge in [0.1, 0.15) is 5.82 Å². The Morgan fingerprint density at radius 1 is 1.26 bits per heavy atom. The number of guanidine groups is 1. The van der Waals surface area contributed by atoms with Gasteiger partial charge in [-0.15, -0.1) is 24.0 Å². The van der Waals surface area contributed by atoms with Crippen LogP contribution in [0.15, 0.2) is 47.6 Å². The van der Waals surface area contributed by atoms with E-state index in [1.165, 1.54) is 6.07 Å². The third-order valence-corrected chi connectivity index (χ3v) is 3.36. The first kappa shape index (κ1) is 19.6. The van der Waals surface area contributed by atoms with Crippen LogP contribution in [-0.4, -0.2) is 24.5 Å². The zero-order chi connectivity index (χ0) is 15.8. The van der Waals surface area contributed by atoms with Gasteiger partial charge in [0.15, 0.2) is 5.96 Å². The number of benzene rings is 1. The lowest BCUT2D eigenvalue weighted by atomic mass is 10.2. The molecule has 0 saturated carbocycles. The lowest BCUT2D eigenvalue weighted by Gasteiger charge is -2.12. The van der Waals surface area contributed by atoms with Crippen molar-refractivity contribution in [1.29, 1.82) is 0 Å². The molecule has 0 spiro atoms. The molecule has 0 aliphatic heterocycles. The van der Waals surface area contributed by atoms with E-state index in [0.29, 0.717) is 12.5 Å². The van der Waals surface area contributed by atoms with Gasteiger partial charge in [0.2, 0.25) is 0 Å². The maximum Gasteiger partial charge on any atom is 0.191 e. The van der Waals surface area contributed by atoms with Crippen molar-refractivity contribution in [2.24, 2.45) is 4.99 Å². The second-order valence-electron chi connectivity index (χ2n) is 4.67. The monoisotopic (exact) mass is 448 g/mol. The summed E-state index contributed by atoms with van der Waals surface area (Å²) in [5, 5.41) is 6.48. The molecule has 23 heavy (non-hydrogen) atoms. The summed E-state index contributed by atoms with van der Waals surface area (Å²) in [6.45, 7) is 1.24. The Morgan fingerprint density at radius 2 is 2.09 bits per heavy atom. The Balaban J connectivity index is 0.00000264. The van der Waals surface area contributed by atoms with Crippen LogP contribution in [0.5, 0.6) is 0 Å². The molecule has 0 amide bonds. The SMILES string of the molecule is CN=C(NCCc1ccccn1)NCc1ccc(F)c(Cl)c1.I. The maximum absolute atomic E-state index is 13.1. The van der Waals surface area contributed by atoms with E-state index in [0.717, 1.165) is 24.2 Å². The third kappa shape index (κ3) is 6.70. The zero-order valence-corrected chi connectivity index (χ0v) is 15.8. The Kier molecular flexibility index (Phi) is 8.86. The minimum atomic E-state index is -0.414. The van der Waals surface area contributed by atoms with Crippen LogP contribution in [-0.2, 0) is 13.0 Å². The van der Waals surface area contributed by atoms with Crippen molar-refractivity contribution in [3.05, 3.63) is 64.7 Å². The zero-order valence-electron chi connectivity index (χ0n) is 12.7. The predicted molar refractivity (Wildman–Crippen MR) is 103 cm³/mol. The molecule has 124 valence electrons. The molecular weight excluding hydrogens is 430 g/mol. The Hall–Kier alpha value is -1.41. The van der Waals surface area contributed by atoms with E-state index >= 15 is 0 Å². The van der Waals surface area contributed by atoms with E-state index in [4.69, 9.17) is 11.6 Å². The number of hydrogen-bond donors (Lipinski definition) is 2. The van der Waals surface area contributed by atoms with Crippen molar-refractivity contribution < 1.29 is 4.39 Å². The molecule has 7 heteroatoms. The third-order valence-electron chi connectivity index (χ3n) is 3.07. The molecule has 1 aromatic heterocycles. The van der Waals surface area contributed by atoms with Gasteiger partial charge in [-0.3, -0.25) is 9.98 Å². The molecule has 2 rings (SSSR count). The molecule has 4 nitrogen and oxygen atoms in total. The molecular formula is C16H19ClFIN4. The fraction of sp³-hybridized carbons (Fsp3) is 0.250. The average molecular weight is 449 g/mol. The van der Waals surface area contributed by atoms with Gasteiger partial charge in [-0.1, -0.05) is 23.7 Å². The molecule has 0 radical (unpaired) electrons. The van der Waals surface area contributed by atoms with E-state index in [1.807, 2.05) is 18.2 Å². The smallest absolute Gasteiger partial charge is 0.191 e. The van der Waals surface area contributed by atoms with Gasteiger partial charge in [0, 0.05) is 38.4 Å². The number of rotatable bonds is 5. The van der Waals surface area contributed by atoms with Gasteiger partial charge >= 0.3 is 0 Å². The highest BCUT2D eigenvalue weighted by atomic mass is 127. The molecule has 2 aromatic rings. The highest BCUT2D eigenvalue weighted by molar-refractivity contribution is 14.0. The van der Waals surface area contributed by atoms with Crippen molar-refractivity contribution in [3.63, 3.8) is 0 Å². The van der Waals surface area contributed by atoms with Crippen LogP contribution in [0.4, 0.5) is 4.39 Å². The van der Waals surface area contributed by atoms with Crippen molar-refractivity contribution in [3.8, 4) is 0 Å². The molecule has 1 aromatic carbocycles. The highest BCUT2D eigenvalue weighted by Gasteiger charge is 2.02. The van der Waals surface area contributed by atoms with Gasteiger partial charge in [-0.2, -0.15) is 0 Å². The largest absolute Gasteiger partial charge is 0.356 e.